The first-order chi connectivity index (χ1) is 10.1. The fourth-order valence-electron chi connectivity index (χ4n) is 2.48. The number of nitrogens with one attached hydrogen (secondary N) is 2. The Morgan fingerprint density at radius 1 is 1.10 bits per heavy atom. The van der Waals surface area contributed by atoms with Gasteiger partial charge in [0.1, 0.15) is 0 Å². The number of imidazole rings is 1. The number of hydrogen-bond donors (Lipinski definition) is 2. The molecule has 0 aliphatic rings. The summed E-state index contributed by atoms with van der Waals surface area (Å²) in [6, 6.07) is 15.9. The first-order valence-corrected chi connectivity index (χ1v) is 7.18. The highest BCUT2D eigenvalue weighted by Gasteiger charge is 2.08. The maximum atomic E-state index is 12.0. The maximum Gasteiger partial charge on any atom is 0.326 e. The zero-order chi connectivity index (χ0) is 14.8. The SMILES string of the molecule is CC(C)Cn1c(=O)[nH]c2cc(Nc3ccccc3)ccc21. The lowest BCUT2D eigenvalue weighted by molar-refractivity contribution is 0.522. The van der Waals surface area contributed by atoms with E-state index in [2.05, 4.69) is 24.1 Å². The van der Waals surface area contributed by atoms with Gasteiger partial charge in [-0.25, -0.2) is 4.79 Å². The molecular formula is C17H19N3O. The summed E-state index contributed by atoms with van der Waals surface area (Å²) in [4.78, 5) is 15.0. The third-order valence-electron chi connectivity index (χ3n) is 3.38. The van der Waals surface area contributed by atoms with E-state index in [0.717, 1.165) is 29.0 Å². The molecule has 4 heteroatoms. The number of benzene rings is 2. The molecule has 3 aromatic rings. The van der Waals surface area contributed by atoms with Crippen molar-refractivity contribution in [2.24, 2.45) is 5.92 Å². The number of aromatic amines is 1. The second-order valence-electron chi connectivity index (χ2n) is 5.66. The van der Waals surface area contributed by atoms with Crippen LogP contribution >= 0.6 is 0 Å². The molecule has 1 aromatic heterocycles. The van der Waals surface area contributed by atoms with Gasteiger partial charge in [0.15, 0.2) is 0 Å². The lowest BCUT2D eigenvalue weighted by Gasteiger charge is -2.08. The van der Waals surface area contributed by atoms with Gasteiger partial charge in [-0.15, -0.1) is 0 Å². The molecule has 0 amide bonds. The van der Waals surface area contributed by atoms with E-state index in [-0.39, 0.29) is 5.69 Å². The van der Waals surface area contributed by atoms with Gasteiger partial charge in [0.2, 0.25) is 0 Å². The molecule has 2 N–H and O–H groups in total. The van der Waals surface area contributed by atoms with Gasteiger partial charge >= 0.3 is 5.69 Å². The minimum absolute atomic E-state index is 0.0458. The van der Waals surface area contributed by atoms with Crippen molar-refractivity contribution in [2.75, 3.05) is 5.32 Å². The Hall–Kier alpha value is -2.49. The maximum absolute atomic E-state index is 12.0. The van der Waals surface area contributed by atoms with Crippen LogP contribution in [-0.2, 0) is 6.54 Å². The first kappa shape index (κ1) is 13.5. The number of para-hydroxylation sites is 1. The van der Waals surface area contributed by atoms with Crippen LogP contribution in [0.15, 0.2) is 53.3 Å². The molecule has 0 aliphatic heterocycles. The van der Waals surface area contributed by atoms with E-state index in [1.807, 2.05) is 48.5 Å². The summed E-state index contributed by atoms with van der Waals surface area (Å²) in [5.41, 5.74) is 3.76. The van der Waals surface area contributed by atoms with Crippen LogP contribution in [0.1, 0.15) is 13.8 Å². The number of nitrogens with zero attached hydrogens (tertiary/aromatic N) is 1. The highest BCUT2D eigenvalue weighted by atomic mass is 16.1. The monoisotopic (exact) mass is 281 g/mol. The molecule has 0 fully saturated rings. The number of rotatable bonds is 4. The predicted octanol–water partition coefficient (Wildman–Crippen LogP) is 3.73. The summed E-state index contributed by atoms with van der Waals surface area (Å²) in [5, 5.41) is 3.33. The quantitative estimate of drug-likeness (QED) is 0.765. The average molecular weight is 281 g/mol. The summed E-state index contributed by atoms with van der Waals surface area (Å²) in [6.07, 6.45) is 0. The number of H-pyrrole nitrogens is 1. The number of fused-ring (bicyclic) bond motifs is 1. The largest absolute Gasteiger partial charge is 0.355 e. The zero-order valence-corrected chi connectivity index (χ0v) is 12.3. The fraction of sp³-hybridized carbons (Fsp3) is 0.235. The molecule has 108 valence electrons. The molecular weight excluding hydrogens is 262 g/mol. The van der Waals surface area contributed by atoms with E-state index in [9.17, 15) is 4.79 Å². The van der Waals surface area contributed by atoms with E-state index in [0.29, 0.717) is 5.92 Å². The van der Waals surface area contributed by atoms with Crippen LogP contribution in [0.25, 0.3) is 11.0 Å². The van der Waals surface area contributed by atoms with Crippen LogP contribution in [-0.4, -0.2) is 9.55 Å². The highest BCUT2D eigenvalue weighted by molar-refractivity contribution is 5.80. The summed E-state index contributed by atoms with van der Waals surface area (Å²) in [6.45, 7) is 4.94. The summed E-state index contributed by atoms with van der Waals surface area (Å²) >= 11 is 0. The van der Waals surface area contributed by atoms with Gasteiger partial charge < -0.3 is 10.3 Å². The van der Waals surface area contributed by atoms with Gasteiger partial charge in [-0.3, -0.25) is 4.57 Å². The van der Waals surface area contributed by atoms with E-state index in [1.165, 1.54) is 0 Å². The van der Waals surface area contributed by atoms with Crippen molar-refractivity contribution in [1.29, 1.82) is 0 Å². The standard InChI is InChI=1S/C17H19N3O/c1-12(2)11-20-16-9-8-14(10-15(16)19-17(20)21)18-13-6-4-3-5-7-13/h3-10,12,18H,11H2,1-2H3,(H,19,21). The van der Waals surface area contributed by atoms with Crippen LogP contribution in [0.2, 0.25) is 0 Å². The third-order valence-corrected chi connectivity index (χ3v) is 3.38. The molecule has 1 heterocycles. The van der Waals surface area contributed by atoms with Gasteiger partial charge in [-0.1, -0.05) is 32.0 Å². The number of aromatic nitrogens is 2. The molecule has 0 bridgehead atoms. The van der Waals surface area contributed by atoms with E-state index >= 15 is 0 Å². The Balaban J connectivity index is 1.96. The van der Waals surface area contributed by atoms with Gasteiger partial charge in [-0.2, -0.15) is 0 Å². The molecule has 0 radical (unpaired) electrons. The van der Waals surface area contributed by atoms with Crippen LogP contribution in [0.5, 0.6) is 0 Å². The third kappa shape index (κ3) is 2.84. The molecule has 0 unspecified atom stereocenters. The van der Waals surface area contributed by atoms with Crippen molar-refractivity contribution in [3.63, 3.8) is 0 Å². The van der Waals surface area contributed by atoms with E-state index in [1.54, 1.807) is 4.57 Å². The Morgan fingerprint density at radius 2 is 1.86 bits per heavy atom. The lowest BCUT2D eigenvalue weighted by atomic mass is 10.2. The summed E-state index contributed by atoms with van der Waals surface area (Å²) in [7, 11) is 0. The minimum atomic E-state index is -0.0458. The molecule has 0 aliphatic carbocycles. The predicted molar refractivity (Wildman–Crippen MR) is 87.1 cm³/mol. The Labute approximate surface area is 123 Å². The second kappa shape index (κ2) is 5.48. The van der Waals surface area contributed by atoms with Crippen LogP contribution < -0.4 is 11.0 Å². The summed E-state index contributed by atoms with van der Waals surface area (Å²) in [5.74, 6) is 0.434. The topological polar surface area (TPSA) is 49.8 Å². The first-order valence-electron chi connectivity index (χ1n) is 7.18. The normalized spacial score (nSPS) is 11.2. The minimum Gasteiger partial charge on any atom is -0.355 e. The summed E-state index contributed by atoms with van der Waals surface area (Å²) < 4.78 is 1.80. The van der Waals surface area contributed by atoms with E-state index < -0.39 is 0 Å². The smallest absolute Gasteiger partial charge is 0.326 e. The van der Waals surface area contributed by atoms with Crippen molar-refractivity contribution in [3.05, 3.63) is 59.0 Å². The molecule has 0 spiro atoms. The Kier molecular flexibility index (Phi) is 3.52. The zero-order valence-electron chi connectivity index (χ0n) is 12.3. The van der Waals surface area contributed by atoms with Crippen molar-refractivity contribution >= 4 is 22.4 Å². The fourth-order valence-corrected chi connectivity index (χ4v) is 2.48. The molecule has 3 rings (SSSR count). The van der Waals surface area contributed by atoms with Crippen molar-refractivity contribution in [2.45, 2.75) is 20.4 Å². The lowest BCUT2D eigenvalue weighted by Crippen LogP contribution is -2.19. The second-order valence-corrected chi connectivity index (χ2v) is 5.66. The Morgan fingerprint density at radius 3 is 2.57 bits per heavy atom. The van der Waals surface area contributed by atoms with Gasteiger partial charge in [-0.05, 0) is 36.2 Å². The van der Waals surface area contributed by atoms with Crippen molar-refractivity contribution in [3.8, 4) is 0 Å². The van der Waals surface area contributed by atoms with Crippen molar-refractivity contribution < 1.29 is 0 Å². The molecule has 4 nitrogen and oxygen atoms in total. The van der Waals surface area contributed by atoms with Gasteiger partial charge in [0.05, 0.1) is 11.0 Å². The highest BCUT2D eigenvalue weighted by Crippen LogP contribution is 2.21. The number of anilines is 2. The van der Waals surface area contributed by atoms with Crippen LogP contribution in [0.3, 0.4) is 0 Å². The molecule has 0 atom stereocenters. The number of hydrogen-bond acceptors (Lipinski definition) is 2. The molecule has 0 saturated carbocycles. The van der Waals surface area contributed by atoms with E-state index in [4.69, 9.17) is 0 Å². The van der Waals surface area contributed by atoms with Gasteiger partial charge in [0, 0.05) is 17.9 Å². The van der Waals surface area contributed by atoms with Crippen LogP contribution in [0.4, 0.5) is 11.4 Å². The Bertz CT molecular complexity index is 800. The molecule has 2 aromatic carbocycles. The van der Waals surface area contributed by atoms with Crippen molar-refractivity contribution in [1.82, 2.24) is 9.55 Å². The van der Waals surface area contributed by atoms with Crippen LogP contribution in [0, 0.1) is 5.92 Å². The van der Waals surface area contributed by atoms with Gasteiger partial charge in [0.25, 0.3) is 0 Å². The average Bonchev–Trinajstić information content (AvgIpc) is 2.75. The molecule has 21 heavy (non-hydrogen) atoms. The molecule has 0 saturated heterocycles.